The summed E-state index contributed by atoms with van der Waals surface area (Å²) in [5, 5.41) is 17.1. The molecule has 1 aromatic carbocycles. The summed E-state index contributed by atoms with van der Waals surface area (Å²) in [6.45, 7) is 0.146. The minimum atomic E-state index is -3.72. The van der Waals surface area contributed by atoms with Gasteiger partial charge in [-0.1, -0.05) is 6.07 Å². The molecule has 6 nitrogen and oxygen atoms in total. The number of rotatable bonds is 6. The Labute approximate surface area is 105 Å². The normalized spacial score (nSPS) is 10.8. The van der Waals surface area contributed by atoms with Crippen LogP contribution in [0.5, 0.6) is 0 Å². The number of carboxylic acids is 1. The molecule has 0 heterocycles. The number of benzene rings is 1. The largest absolute Gasteiger partial charge is 0.478 e. The quantitative estimate of drug-likeness (QED) is 0.747. The molecule has 0 saturated heterocycles. The van der Waals surface area contributed by atoms with Gasteiger partial charge in [0.05, 0.1) is 16.5 Å². The maximum atomic E-state index is 11.8. The number of carbonyl (C=O) groups is 1. The van der Waals surface area contributed by atoms with Crippen LogP contribution in [0.1, 0.15) is 23.2 Å². The monoisotopic (exact) mass is 268 g/mol. The molecule has 0 unspecified atom stereocenters. The van der Waals surface area contributed by atoms with E-state index >= 15 is 0 Å². The summed E-state index contributed by atoms with van der Waals surface area (Å²) >= 11 is 0. The third-order valence-electron chi connectivity index (χ3n) is 2.15. The van der Waals surface area contributed by atoms with Gasteiger partial charge in [-0.2, -0.15) is 5.26 Å². The van der Waals surface area contributed by atoms with Crippen LogP contribution < -0.4 is 4.72 Å². The van der Waals surface area contributed by atoms with Gasteiger partial charge in [-0.15, -0.1) is 0 Å². The van der Waals surface area contributed by atoms with Crippen LogP contribution in [0.4, 0.5) is 0 Å². The number of carboxylic acid groups (broad SMARTS) is 1. The Morgan fingerprint density at radius 1 is 1.44 bits per heavy atom. The molecule has 0 aromatic heterocycles. The first-order valence-electron chi connectivity index (χ1n) is 5.17. The molecule has 0 fully saturated rings. The average Bonchev–Trinajstić information content (AvgIpc) is 2.35. The fourth-order valence-electron chi connectivity index (χ4n) is 1.25. The predicted molar refractivity (Wildman–Crippen MR) is 63.4 cm³/mol. The van der Waals surface area contributed by atoms with E-state index in [0.717, 1.165) is 6.07 Å². The first kappa shape index (κ1) is 14.2. The Morgan fingerprint density at radius 3 is 2.78 bits per heavy atom. The number of hydrogen-bond acceptors (Lipinski definition) is 4. The molecule has 0 aliphatic carbocycles. The molecule has 0 saturated carbocycles. The second-order valence-corrected chi connectivity index (χ2v) is 5.26. The first-order valence-corrected chi connectivity index (χ1v) is 6.65. The van der Waals surface area contributed by atoms with Gasteiger partial charge in [0.1, 0.15) is 0 Å². The fraction of sp³-hybridized carbons (Fsp3) is 0.273. The van der Waals surface area contributed by atoms with Crippen molar-refractivity contribution >= 4 is 16.0 Å². The van der Waals surface area contributed by atoms with Crippen LogP contribution in [0.15, 0.2) is 29.2 Å². The Kier molecular flexibility index (Phi) is 4.83. The number of nitriles is 1. The molecular formula is C11H12N2O4S. The molecule has 0 amide bonds. The number of sulfonamides is 1. The van der Waals surface area contributed by atoms with Crippen LogP contribution in [0.25, 0.3) is 0 Å². The number of nitrogens with zero attached hydrogens (tertiary/aromatic N) is 1. The van der Waals surface area contributed by atoms with E-state index in [-0.39, 0.29) is 23.4 Å². The van der Waals surface area contributed by atoms with Gasteiger partial charge in [-0.25, -0.2) is 17.9 Å². The van der Waals surface area contributed by atoms with Crippen LogP contribution in [0.3, 0.4) is 0 Å². The maximum Gasteiger partial charge on any atom is 0.335 e. The van der Waals surface area contributed by atoms with Gasteiger partial charge in [0.2, 0.25) is 10.0 Å². The molecule has 96 valence electrons. The van der Waals surface area contributed by atoms with E-state index in [1.807, 2.05) is 6.07 Å². The van der Waals surface area contributed by atoms with Crippen molar-refractivity contribution < 1.29 is 18.3 Å². The summed E-state index contributed by atoms with van der Waals surface area (Å²) in [7, 11) is -3.72. The summed E-state index contributed by atoms with van der Waals surface area (Å²) in [5.41, 5.74) is -0.0881. The fourth-order valence-corrected chi connectivity index (χ4v) is 2.37. The standard InChI is InChI=1S/C11H12N2O4S/c12-6-1-2-7-13-18(16,17)10-5-3-4-9(8-10)11(14)15/h3-5,8,13H,1-2,7H2,(H,14,15). The summed E-state index contributed by atoms with van der Waals surface area (Å²) < 4.78 is 25.9. The second-order valence-electron chi connectivity index (χ2n) is 3.49. The second kappa shape index (κ2) is 6.14. The lowest BCUT2D eigenvalue weighted by Gasteiger charge is -2.06. The third kappa shape index (κ3) is 3.84. The lowest BCUT2D eigenvalue weighted by molar-refractivity contribution is 0.0696. The van der Waals surface area contributed by atoms with Crippen molar-refractivity contribution in [2.24, 2.45) is 0 Å². The maximum absolute atomic E-state index is 11.8. The van der Waals surface area contributed by atoms with Crippen molar-refractivity contribution in [2.75, 3.05) is 6.54 Å². The van der Waals surface area contributed by atoms with Crippen LogP contribution in [0.2, 0.25) is 0 Å². The molecule has 0 atom stereocenters. The SMILES string of the molecule is N#CCCCNS(=O)(=O)c1cccc(C(=O)O)c1. The topological polar surface area (TPSA) is 107 Å². The number of nitrogens with one attached hydrogen (secondary N) is 1. The molecule has 0 radical (unpaired) electrons. The van der Waals surface area contributed by atoms with Crippen LogP contribution in [0, 0.1) is 11.3 Å². The first-order chi connectivity index (χ1) is 8.47. The summed E-state index contributed by atoms with van der Waals surface area (Å²) in [6, 6.07) is 7.00. The van der Waals surface area contributed by atoms with Gasteiger partial charge >= 0.3 is 5.97 Å². The van der Waals surface area contributed by atoms with Crippen molar-refractivity contribution in [1.82, 2.24) is 4.72 Å². The van der Waals surface area contributed by atoms with Crippen LogP contribution >= 0.6 is 0 Å². The molecule has 0 spiro atoms. The lowest BCUT2D eigenvalue weighted by atomic mass is 10.2. The highest BCUT2D eigenvalue weighted by atomic mass is 32.2. The highest BCUT2D eigenvalue weighted by molar-refractivity contribution is 7.89. The van der Waals surface area contributed by atoms with Crippen molar-refractivity contribution in [1.29, 1.82) is 5.26 Å². The number of aromatic carboxylic acids is 1. The van der Waals surface area contributed by atoms with Crippen LogP contribution in [-0.2, 0) is 10.0 Å². The highest BCUT2D eigenvalue weighted by Gasteiger charge is 2.15. The van der Waals surface area contributed by atoms with Gasteiger partial charge in [-0.3, -0.25) is 0 Å². The van der Waals surface area contributed by atoms with E-state index in [1.54, 1.807) is 0 Å². The van der Waals surface area contributed by atoms with E-state index in [4.69, 9.17) is 10.4 Å². The zero-order chi connectivity index (χ0) is 13.6. The minimum absolute atomic E-state index is 0.0881. The van der Waals surface area contributed by atoms with Crippen molar-refractivity contribution in [3.63, 3.8) is 0 Å². The number of hydrogen-bond donors (Lipinski definition) is 2. The predicted octanol–water partition coefficient (Wildman–Crippen LogP) is 0.967. The average molecular weight is 268 g/mol. The summed E-state index contributed by atoms with van der Waals surface area (Å²) in [4.78, 5) is 10.6. The highest BCUT2D eigenvalue weighted by Crippen LogP contribution is 2.11. The van der Waals surface area contributed by atoms with Gasteiger partial charge in [0, 0.05) is 13.0 Å². The molecule has 0 aliphatic rings. The molecule has 2 N–H and O–H groups in total. The summed E-state index contributed by atoms with van der Waals surface area (Å²) in [6.07, 6.45) is 0.673. The molecule has 7 heteroatoms. The van der Waals surface area contributed by atoms with Crippen LogP contribution in [-0.4, -0.2) is 26.0 Å². The van der Waals surface area contributed by atoms with Crippen molar-refractivity contribution in [3.8, 4) is 6.07 Å². The molecular weight excluding hydrogens is 256 g/mol. The summed E-state index contributed by atoms with van der Waals surface area (Å²) in [5.74, 6) is -1.18. The Hall–Kier alpha value is -1.91. The zero-order valence-corrected chi connectivity index (χ0v) is 10.3. The van der Waals surface area contributed by atoms with Crippen molar-refractivity contribution in [3.05, 3.63) is 29.8 Å². The third-order valence-corrected chi connectivity index (χ3v) is 3.61. The van der Waals surface area contributed by atoms with E-state index in [1.165, 1.54) is 18.2 Å². The van der Waals surface area contributed by atoms with Crippen molar-refractivity contribution in [2.45, 2.75) is 17.7 Å². The van der Waals surface area contributed by atoms with Gasteiger partial charge in [0.25, 0.3) is 0 Å². The van der Waals surface area contributed by atoms with Gasteiger partial charge < -0.3 is 5.11 Å². The molecule has 18 heavy (non-hydrogen) atoms. The van der Waals surface area contributed by atoms with E-state index < -0.39 is 16.0 Å². The Morgan fingerprint density at radius 2 is 2.17 bits per heavy atom. The zero-order valence-electron chi connectivity index (χ0n) is 9.46. The molecule has 1 aromatic rings. The molecule has 0 bridgehead atoms. The smallest absolute Gasteiger partial charge is 0.335 e. The van der Waals surface area contributed by atoms with E-state index in [0.29, 0.717) is 6.42 Å². The van der Waals surface area contributed by atoms with Gasteiger partial charge in [0.15, 0.2) is 0 Å². The molecule has 0 aliphatic heterocycles. The van der Waals surface area contributed by atoms with E-state index in [9.17, 15) is 13.2 Å². The van der Waals surface area contributed by atoms with E-state index in [2.05, 4.69) is 4.72 Å². The lowest BCUT2D eigenvalue weighted by Crippen LogP contribution is -2.25. The molecule has 1 rings (SSSR count). The Bertz CT molecular complexity index is 575. The van der Waals surface area contributed by atoms with Gasteiger partial charge in [-0.05, 0) is 24.6 Å². The Balaban J connectivity index is 2.82. The number of unbranched alkanes of at least 4 members (excludes halogenated alkanes) is 1. The minimum Gasteiger partial charge on any atom is -0.478 e.